The highest BCUT2D eigenvalue weighted by atomic mass is 19.1. The number of allylic oxidation sites excluding steroid dienone is 1. The summed E-state index contributed by atoms with van der Waals surface area (Å²) >= 11 is 0. The van der Waals surface area contributed by atoms with Gasteiger partial charge in [-0.3, -0.25) is 4.79 Å². The van der Waals surface area contributed by atoms with E-state index in [1.54, 1.807) is 32.0 Å². The molecule has 0 radical (unpaired) electrons. The summed E-state index contributed by atoms with van der Waals surface area (Å²) in [7, 11) is 0. The van der Waals surface area contributed by atoms with E-state index in [-0.39, 0.29) is 11.6 Å². The van der Waals surface area contributed by atoms with E-state index in [2.05, 4.69) is 0 Å². The molecule has 0 saturated carbocycles. The van der Waals surface area contributed by atoms with Gasteiger partial charge in [0.1, 0.15) is 11.6 Å². The SMILES string of the molecule is CC1(C)OC(Cc2ccccc2F)=CC1=O. The number of benzene rings is 1. The highest BCUT2D eigenvalue weighted by molar-refractivity contribution is 5.98. The molecule has 0 N–H and O–H groups in total. The molecule has 0 aromatic heterocycles. The number of ketones is 1. The molecule has 0 fully saturated rings. The van der Waals surface area contributed by atoms with Crippen molar-refractivity contribution >= 4 is 5.78 Å². The lowest BCUT2D eigenvalue weighted by atomic mass is 10.1. The molecule has 0 aliphatic carbocycles. The molecular formula is C13H13FO2. The van der Waals surface area contributed by atoms with Gasteiger partial charge in [-0.25, -0.2) is 4.39 Å². The van der Waals surface area contributed by atoms with Gasteiger partial charge in [0.15, 0.2) is 5.60 Å². The van der Waals surface area contributed by atoms with E-state index in [4.69, 9.17) is 4.74 Å². The highest BCUT2D eigenvalue weighted by Crippen LogP contribution is 2.26. The largest absolute Gasteiger partial charge is 0.484 e. The minimum Gasteiger partial charge on any atom is -0.484 e. The molecule has 1 aliphatic rings. The standard InChI is InChI=1S/C13H13FO2/c1-13(2)12(15)8-10(16-13)7-9-5-3-4-6-11(9)14/h3-6,8H,7H2,1-2H3. The Morgan fingerprint density at radius 1 is 1.31 bits per heavy atom. The Morgan fingerprint density at radius 2 is 2.00 bits per heavy atom. The Kier molecular flexibility index (Phi) is 2.54. The highest BCUT2D eigenvalue weighted by Gasteiger charge is 2.34. The lowest BCUT2D eigenvalue weighted by Gasteiger charge is -2.18. The Morgan fingerprint density at radius 3 is 2.56 bits per heavy atom. The van der Waals surface area contributed by atoms with Crippen LogP contribution in [0.4, 0.5) is 4.39 Å². The molecule has 0 bridgehead atoms. The van der Waals surface area contributed by atoms with Gasteiger partial charge in [0.2, 0.25) is 5.78 Å². The molecule has 16 heavy (non-hydrogen) atoms. The minimum atomic E-state index is -0.805. The number of halogens is 1. The third-order valence-electron chi connectivity index (χ3n) is 2.59. The summed E-state index contributed by atoms with van der Waals surface area (Å²) in [6, 6.07) is 6.49. The summed E-state index contributed by atoms with van der Waals surface area (Å²) < 4.78 is 18.8. The topological polar surface area (TPSA) is 26.3 Å². The molecule has 84 valence electrons. The summed E-state index contributed by atoms with van der Waals surface area (Å²) in [5.74, 6) is 0.183. The van der Waals surface area contributed by atoms with E-state index in [1.807, 2.05) is 0 Å². The predicted molar refractivity (Wildman–Crippen MR) is 58.4 cm³/mol. The van der Waals surface area contributed by atoms with Gasteiger partial charge in [-0.1, -0.05) is 18.2 Å². The van der Waals surface area contributed by atoms with E-state index in [0.29, 0.717) is 17.7 Å². The third-order valence-corrected chi connectivity index (χ3v) is 2.59. The van der Waals surface area contributed by atoms with Crippen molar-refractivity contribution in [1.82, 2.24) is 0 Å². The van der Waals surface area contributed by atoms with Gasteiger partial charge < -0.3 is 4.74 Å². The number of hydrogen-bond donors (Lipinski definition) is 0. The first-order valence-corrected chi connectivity index (χ1v) is 5.16. The van der Waals surface area contributed by atoms with Crippen LogP contribution in [0.25, 0.3) is 0 Å². The second-order valence-corrected chi connectivity index (χ2v) is 4.36. The van der Waals surface area contributed by atoms with Crippen molar-refractivity contribution in [3.63, 3.8) is 0 Å². The fourth-order valence-electron chi connectivity index (χ4n) is 1.64. The van der Waals surface area contributed by atoms with E-state index < -0.39 is 5.60 Å². The zero-order valence-electron chi connectivity index (χ0n) is 9.29. The quantitative estimate of drug-likeness (QED) is 0.765. The van der Waals surface area contributed by atoms with Crippen molar-refractivity contribution in [3.05, 3.63) is 47.5 Å². The zero-order chi connectivity index (χ0) is 11.8. The van der Waals surface area contributed by atoms with Crippen LogP contribution in [0.15, 0.2) is 36.1 Å². The van der Waals surface area contributed by atoms with Gasteiger partial charge in [0.25, 0.3) is 0 Å². The third kappa shape index (κ3) is 1.98. The van der Waals surface area contributed by atoms with Gasteiger partial charge in [-0.2, -0.15) is 0 Å². The summed E-state index contributed by atoms with van der Waals surface area (Å²) in [4.78, 5) is 11.5. The number of ether oxygens (including phenoxy) is 1. The second-order valence-electron chi connectivity index (χ2n) is 4.36. The molecule has 2 nitrogen and oxygen atoms in total. The first-order valence-electron chi connectivity index (χ1n) is 5.16. The fourth-order valence-corrected chi connectivity index (χ4v) is 1.64. The average molecular weight is 220 g/mol. The zero-order valence-corrected chi connectivity index (χ0v) is 9.29. The predicted octanol–water partition coefficient (Wildman–Crippen LogP) is 2.63. The number of hydrogen-bond acceptors (Lipinski definition) is 2. The second kappa shape index (κ2) is 3.74. The Hall–Kier alpha value is -1.64. The van der Waals surface area contributed by atoms with Gasteiger partial charge in [0.05, 0.1) is 0 Å². The van der Waals surface area contributed by atoms with Crippen molar-refractivity contribution in [3.8, 4) is 0 Å². The molecule has 1 aromatic carbocycles. The summed E-state index contributed by atoms with van der Waals surface area (Å²) in [5, 5.41) is 0. The van der Waals surface area contributed by atoms with E-state index in [9.17, 15) is 9.18 Å². The maximum absolute atomic E-state index is 13.4. The molecular weight excluding hydrogens is 207 g/mol. The monoisotopic (exact) mass is 220 g/mol. The van der Waals surface area contributed by atoms with Gasteiger partial charge in [-0.05, 0) is 25.5 Å². The normalized spacial score (nSPS) is 18.2. The van der Waals surface area contributed by atoms with Crippen LogP contribution in [0, 0.1) is 5.82 Å². The maximum atomic E-state index is 13.4. The van der Waals surface area contributed by atoms with Crippen LogP contribution in [-0.2, 0) is 16.0 Å². The van der Waals surface area contributed by atoms with Gasteiger partial charge >= 0.3 is 0 Å². The Balaban J connectivity index is 2.17. The average Bonchev–Trinajstić information content (AvgIpc) is 2.44. The molecule has 2 rings (SSSR count). The number of carbonyl (C=O) groups is 1. The summed E-state index contributed by atoms with van der Waals surface area (Å²) in [6.45, 7) is 3.42. The fraction of sp³-hybridized carbons (Fsp3) is 0.308. The molecule has 0 atom stereocenters. The van der Waals surface area contributed by atoms with Crippen LogP contribution < -0.4 is 0 Å². The first-order chi connectivity index (χ1) is 7.49. The molecule has 1 aliphatic heterocycles. The molecule has 3 heteroatoms. The molecule has 0 saturated heterocycles. The lowest BCUT2D eigenvalue weighted by Crippen LogP contribution is -2.27. The molecule has 0 unspecified atom stereocenters. The lowest BCUT2D eigenvalue weighted by molar-refractivity contribution is -0.127. The van der Waals surface area contributed by atoms with Crippen molar-refractivity contribution in [1.29, 1.82) is 0 Å². The van der Waals surface area contributed by atoms with Crippen molar-refractivity contribution in [2.24, 2.45) is 0 Å². The van der Waals surface area contributed by atoms with Gasteiger partial charge in [-0.15, -0.1) is 0 Å². The number of carbonyl (C=O) groups excluding carboxylic acids is 1. The van der Waals surface area contributed by atoms with E-state index in [1.165, 1.54) is 12.1 Å². The van der Waals surface area contributed by atoms with Crippen LogP contribution in [0.5, 0.6) is 0 Å². The smallest absolute Gasteiger partial charge is 0.201 e. The minimum absolute atomic E-state index is 0.0705. The van der Waals surface area contributed by atoms with Crippen LogP contribution in [0.1, 0.15) is 19.4 Å². The van der Waals surface area contributed by atoms with Crippen LogP contribution in [-0.4, -0.2) is 11.4 Å². The van der Waals surface area contributed by atoms with Crippen LogP contribution >= 0.6 is 0 Å². The Bertz CT molecular complexity index is 461. The molecule has 1 heterocycles. The molecule has 0 spiro atoms. The van der Waals surface area contributed by atoms with Crippen molar-refractivity contribution < 1.29 is 13.9 Å². The number of rotatable bonds is 2. The molecule has 0 amide bonds. The van der Waals surface area contributed by atoms with E-state index in [0.717, 1.165) is 0 Å². The van der Waals surface area contributed by atoms with Crippen molar-refractivity contribution in [2.75, 3.05) is 0 Å². The Labute approximate surface area is 93.7 Å². The maximum Gasteiger partial charge on any atom is 0.201 e. The first kappa shape index (κ1) is 10.9. The van der Waals surface area contributed by atoms with E-state index >= 15 is 0 Å². The summed E-state index contributed by atoms with van der Waals surface area (Å²) in [6.07, 6.45) is 1.77. The van der Waals surface area contributed by atoms with Crippen LogP contribution in [0.3, 0.4) is 0 Å². The molecule has 1 aromatic rings. The van der Waals surface area contributed by atoms with Crippen molar-refractivity contribution in [2.45, 2.75) is 25.9 Å². The van der Waals surface area contributed by atoms with Gasteiger partial charge in [0, 0.05) is 12.5 Å². The van der Waals surface area contributed by atoms with Crippen LogP contribution in [0.2, 0.25) is 0 Å². The summed E-state index contributed by atoms with van der Waals surface area (Å²) in [5.41, 5.74) is -0.264.